The molecule has 1 aromatic heterocycles. The summed E-state index contributed by atoms with van der Waals surface area (Å²) in [6.45, 7) is 2.37. The molecule has 2 unspecified atom stereocenters. The summed E-state index contributed by atoms with van der Waals surface area (Å²) in [6, 6.07) is 11.6. The fourth-order valence-electron chi connectivity index (χ4n) is 5.59. The Hall–Kier alpha value is -2.31. The van der Waals surface area contributed by atoms with Gasteiger partial charge >= 0.3 is 5.97 Å². The Balaban J connectivity index is 1.44. The van der Waals surface area contributed by atoms with E-state index in [0.717, 1.165) is 68.2 Å². The highest BCUT2D eigenvalue weighted by atomic mass is 16.6. The number of aliphatic hydroxyl groups is 1. The highest BCUT2D eigenvalue weighted by molar-refractivity contribution is 5.81. The molecule has 2 aliphatic rings. The lowest BCUT2D eigenvalue weighted by molar-refractivity contribution is -0.921. The van der Waals surface area contributed by atoms with Crippen LogP contribution in [0.3, 0.4) is 0 Å². The molecule has 2 heterocycles. The van der Waals surface area contributed by atoms with Gasteiger partial charge in [0.2, 0.25) is 0 Å². The van der Waals surface area contributed by atoms with E-state index >= 15 is 0 Å². The first-order valence-corrected chi connectivity index (χ1v) is 12.1. The van der Waals surface area contributed by atoms with Gasteiger partial charge in [0.05, 0.1) is 20.1 Å². The van der Waals surface area contributed by atoms with Crippen molar-refractivity contribution in [3.8, 4) is 0 Å². The van der Waals surface area contributed by atoms with Gasteiger partial charge in [-0.25, -0.2) is 14.8 Å². The van der Waals surface area contributed by atoms with Gasteiger partial charge in [-0.1, -0.05) is 49.6 Å². The highest BCUT2D eigenvalue weighted by Gasteiger charge is 2.48. The molecular weight excluding hydrogens is 402 g/mol. The summed E-state index contributed by atoms with van der Waals surface area (Å²) in [4.78, 5) is 21.8. The molecule has 1 aliphatic heterocycles. The van der Waals surface area contributed by atoms with E-state index < -0.39 is 11.6 Å². The molecule has 32 heavy (non-hydrogen) atoms. The minimum absolute atomic E-state index is 0.0895. The average molecular weight is 439 g/mol. The minimum atomic E-state index is -1.56. The number of benzene rings is 1. The van der Waals surface area contributed by atoms with Crippen LogP contribution in [0.15, 0.2) is 48.9 Å². The fourth-order valence-corrected chi connectivity index (χ4v) is 5.59. The fraction of sp³-hybridized carbons (Fsp3) is 0.577. The maximum absolute atomic E-state index is 13.4. The van der Waals surface area contributed by atoms with E-state index in [9.17, 15) is 9.90 Å². The van der Waals surface area contributed by atoms with Crippen LogP contribution in [0, 0.1) is 5.92 Å². The lowest BCUT2D eigenvalue weighted by atomic mass is 9.73. The Kier molecular flexibility index (Phi) is 7.21. The summed E-state index contributed by atoms with van der Waals surface area (Å²) in [6.07, 6.45) is 11.4. The quantitative estimate of drug-likeness (QED) is 0.503. The molecule has 0 radical (unpaired) electrons. The van der Waals surface area contributed by atoms with E-state index in [1.807, 2.05) is 36.4 Å². The van der Waals surface area contributed by atoms with Gasteiger partial charge in [-0.05, 0) is 24.5 Å². The molecular formula is C26H36N3O3+. The summed E-state index contributed by atoms with van der Waals surface area (Å²) in [5.41, 5.74) is 0.132. The number of carbonyl (C=O) groups excluding carboxylic acids is 1. The zero-order valence-corrected chi connectivity index (χ0v) is 19.2. The SMILES string of the molecule is C[N+]1(CCc2ccncn2)CCCC1COC(=O)[C@](O)(c1ccccc1)C1CCCCC1. The predicted octanol–water partition coefficient (Wildman–Crippen LogP) is 3.64. The van der Waals surface area contributed by atoms with Crippen LogP contribution in [0.5, 0.6) is 0 Å². The summed E-state index contributed by atoms with van der Waals surface area (Å²) >= 11 is 0. The summed E-state index contributed by atoms with van der Waals surface area (Å²) in [5.74, 6) is -0.571. The molecule has 0 bridgehead atoms. The van der Waals surface area contributed by atoms with Crippen LogP contribution >= 0.6 is 0 Å². The minimum Gasteiger partial charge on any atom is -0.457 e. The van der Waals surface area contributed by atoms with Crippen LogP contribution in [-0.4, -0.2) is 58.3 Å². The smallest absolute Gasteiger partial charge is 0.343 e. The van der Waals surface area contributed by atoms with Gasteiger partial charge < -0.3 is 14.3 Å². The van der Waals surface area contributed by atoms with E-state index in [4.69, 9.17) is 4.74 Å². The van der Waals surface area contributed by atoms with Crippen LogP contribution in [0.25, 0.3) is 0 Å². The first-order valence-electron chi connectivity index (χ1n) is 12.1. The van der Waals surface area contributed by atoms with Crippen molar-refractivity contribution in [1.29, 1.82) is 0 Å². The molecule has 4 rings (SSSR count). The van der Waals surface area contributed by atoms with E-state index in [1.165, 1.54) is 6.42 Å². The number of nitrogens with zero attached hydrogens (tertiary/aromatic N) is 3. The maximum atomic E-state index is 13.4. The lowest BCUT2D eigenvalue weighted by Gasteiger charge is -2.39. The second-order valence-electron chi connectivity index (χ2n) is 9.74. The molecule has 0 amide bonds. The number of likely N-dealkylation sites (N-methyl/N-ethyl adjacent to an activating group) is 1. The number of aromatic nitrogens is 2. The van der Waals surface area contributed by atoms with Crippen molar-refractivity contribution in [2.45, 2.75) is 63.0 Å². The molecule has 6 heteroatoms. The van der Waals surface area contributed by atoms with Gasteiger partial charge in [0.25, 0.3) is 0 Å². The van der Waals surface area contributed by atoms with E-state index in [-0.39, 0.29) is 12.0 Å². The molecule has 3 atom stereocenters. The highest BCUT2D eigenvalue weighted by Crippen LogP contribution is 2.40. The largest absolute Gasteiger partial charge is 0.457 e. The Morgan fingerprint density at radius 3 is 2.62 bits per heavy atom. The third kappa shape index (κ3) is 4.86. The van der Waals surface area contributed by atoms with Crippen LogP contribution in [0.1, 0.15) is 56.2 Å². The van der Waals surface area contributed by atoms with E-state index in [1.54, 1.807) is 12.5 Å². The summed E-state index contributed by atoms with van der Waals surface area (Å²) < 4.78 is 6.78. The first-order chi connectivity index (χ1) is 15.5. The third-order valence-electron chi connectivity index (χ3n) is 7.74. The third-order valence-corrected chi connectivity index (χ3v) is 7.74. The molecule has 1 aliphatic carbocycles. The topological polar surface area (TPSA) is 72.3 Å². The van der Waals surface area contributed by atoms with Crippen molar-refractivity contribution in [2.24, 2.45) is 5.92 Å². The Labute approximate surface area is 191 Å². The normalized spacial score (nSPS) is 25.9. The monoisotopic (exact) mass is 438 g/mol. The van der Waals surface area contributed by atoms with Crippen molar-refractivity contribution in [1.82, 2.24) is 9.97 Å². The average Bonchev–Trinajstić information content (AvgIpc) is 3.23. The number of likely N-dealkylation sites (tertiary alicyclic amines) is 1. The van der Waals surface area contributed by atoms with Crippen molar-refractivity contribution >= 4 is 5.97 Å². The Morgan fingerprint density at radius 1 is 1.12 bits per heavy atom. The number of esters is 1. The van der Waals surface area contributed by atoms with Crippen molar-refractivity contribution in [3.63, 3.8) is 0 Å². The zero-order valence-electron chi connectivity index (χ0n) is 19.2. The Morgan fingerprint density at radius 2 is 1.91 bits per heavy atom. The molecule has 2 fully saturated rings. The number of ether oxygens (including phenoxy) is 1. The second kappa shape index (κ2) is 10.1. The van der Waals surface area contributed by atoms with Crippen molar-refractivity contribution in [3.05, 3.63) is 60.2 Å². The molecule has 1 saturated heterocycles. The molecule has 2 aromatic rings. The first kappa shape index (κ1) is 22.9. The number of carbonyl (C=O) groups is 1. The van der Waals surface area contributed by atoms with Crippen molar-refractivity contribution in [2.75, 3.05) is 26.7 Å². The van der Waals surface area contributed by atoms with Gasteiger partial charge in [0.15, 0.2) is 5.60 Å². The number of quaternary nitrogens is 1. The van der Waals surface area contributed by atoms with Gasteiger partial charge in [0, 0.05) is 37.1 Å². The molecule has 0 spiro atoms. The molecule has 1 N–H and O–H groups in total. The van der Waals surface area contributed by atoms with Crippen LogP contribution < -0.4 is 0 Å². The van der Waals surface area contributed by atoms with Gasteiger partial charge in [-0.2, -0.15) is 0 Å². The lowest BCUT2D eigenvalue weighted by Crippen LogP contribution is -2.52. The van der Waals surface area contributed by atoms with Crippen LogP contribution in [-0.2, 0) is 21.6 Å². The number of rotatable bonds is 8. The zero-order chi connectivity index (χ0) is 22.4. The second-order valence-corrected chi connectivity index (χ2v) is 9.74. The summed E-state index contributed by atoms with van der Waals surface area (Å²) in [5, 5.41) is 11.7. The molecule has 1 aromatic carbocycles. The van der Waals surface area contributed by atoms with Crippen LogP contribution in [0.4, 0.5) is 0 Å². The standard InChI is InChI=1S/C26H36N3O3/c1-29(18-15-23-14-16-27-20-28-23)17-8-13-24(29)19-32-25(30)26(31,21-9-4-2-5-10-21)22-11-6-3-7-12-22/h2,4-5,9-10,14,16,20,22,24,31H,3,6-8,11-13,15,17-19H2,1H3/q+1/t24?,26-,29?/m0/s1. The molecule has 1 saturated carbocycles. The molecule has 6 nitrogen and oxygen atoms in total. The number of hydrogen-bond donors (Lipinski definition) is 1. The maximum Gasteiger partial charge on any atom is 0.343 e. The summed E-state index contributed by atoms with van der Waals surface area (Å²) in [7, 11) is 2.25. The predicted molar refractivity (Wildman–Crippen MR) is 123 cm³/mol. The van der Waals surface area contributed by atoms with Gasteiger partial charge in [-0.15, -0.1) is 0 Å². The Bertz CT molecular complexity index is 872. The van der Waals surface area contributed by atoms with Gasteiger partial charge in [-0.3, -0.25) is 0 Å². The van der Waals surface area contributed by atoms with E-state index in [0.29, 0.717) is 12.2 Å². The molecule has 172 valence electrons. The number of hydrogen-bond acceptors (Lipinski definition) is 5. The van der Waals surface area contributed by atoms with Crippen LogP contribution in [0.2, 0.25) is 0 Å². The van der Waals surface area contributed by atoms with Gasteiger partial charge in [0.1, 0.15) is 19.0 Å². The van der Waals surface area contributed by atoms with E-state index in [2.05, 4.69) is 17.0 Å². The van der Waals surface area contributed by atoms with Crippen molar-refractivity contribution < 1.29 is 19.1 Å².